The Hall–Kier alpha value is -1.02. The van der Waals surface area contributed by atoms with Crippen LogP contribution in [0.25, 0.3) is 0 Å². The van der Waals surface area contributed by atoms with Gasteiger partial charge in [-0.3, -0.25) is 14.4 Å². The first-order valence-corrected chi connectivity index (χ1v) is 4.55. The third kappa shape index (κ3) is 3.47. The van der Waals surface area contributed by atoms with Gasteiger partial charge in [0.1, 0.15) is 0 Å². The zero-order valence-electron chi connectivity index (χ0n) is 9.06. The van der Waals surface area contributed by atoms with E-state index in [9.17, 15) is 14.4 Å². The van der Waals surface area contributed by atoms with Gasteiger partial charge in [-0.2, -0.15) is 0 Å². The number of amides is 3. The van der Waals surface area contributed by atoms with Crippen LogP contribution in [0.2, 0.25) is 0 Å². The van der Waals surface area contributed by atoms with Crippen molar-refractivity contribution in [3.63, 3.8) is 0 Å². The number of nitrogens with two attached hydrogens (primary N) is 3. The first kappa shape index (κ1) is 16.0. The predicted octanol–water partition coefficient (Wildman–Crippen LogP) is -1.11. The van der Waals surface area contributed by atoms with Crippen LogP contribution in [0.5, 0.6) is 0 Å². The Morgan fingerprint density at radius 3 is 1.47 bits per heavy atom. The monoisotopic (exact) mass is 262 g/mol. The average molecular weight is 262 g/mol. The number of benzene rings is 1. The molecule has 0 heterocycles. The SMILES string of the molecule is NC(=O)c1cc(C(N)=O)c(S)c(C(N)=O)c1.[Na]. The van der Waals surface area contributed by atoms with Crippen LogP contribution in [0.3, 0.4) is 0 Å². The number of carbonyl (C=O) groups excluding carboxylic acids is 3. The van der Waals surface area contributed by atoms with E-state index < -0.39 is 17.7 Å². The molecule has 0 unspecified atom stereocenters. The third-order valence-corrected chi connectivity index (χ3v) is 2.41. The minimum absolute atomic E-state index is 0. The maximum atomic E-state index is 11.0. The van der Waals surface area contributed by atoms with Crippen LogP contribution < -0.4 is 17.2 Å². The van der Waals surface area contributed by atoms with Gasteiger partial charge in [0, 0.05) is 40.0 Å². The average Bonchev–Trinajstić information content (AvgIpc) is 2.16. The van der Waals surface area contributed by atoms with Crippen molar-refractivity contribution in [2.75, 3.05) is 0 Å². The molecule has 0 bridgehead atoms. The fraction of sp³-hybridized carbons (Fsp3) is 0. The summed E-state index contributed by atoms with van der Waals surface area (Å²) >= 11 is 3.95. The zero-order valence-corrected chi connectivity index (χ0v) is 12.0. The topological polar surface area (TPSA) is 129 Å². The summed E-state index contributed by atoms with van der Waals surface area (Å²) in [5, 5.41) is 0. The number of rotatable bonds is 3. The third-order valence-electron chi connectivity index (χ3n) is 1.93. The number of thiol groups is 1. The summed E-state index contributed by atoms with van der Waals surface area (Å²) in [6, 6.07) is 2.33. The Morgan fingerprint density at radius 1 is 0.882 bits per heavy atom. The van der Waals surface area contributed by atoms with Crippen LogP contribution in [0.15, 0.2) is 17.0 Å². The van der Waals surface area contributed by atoms with Crippen molar-refractivity contribution in [3.8, 4) is 0 Å². The van der Waals surface area contributed by atoms with Crippen molar-refractivity contribution >= 4 is 59.9 Å². The molecule has 0 aromatic heterocycles. The van der Waals surface area contributed by atoms with Crippen molar-refractivity contribution in [1.29, 1.82) is 0 Å². The molecule has 0 spiro atoms. The molecule has 1 rings (SSSR count). The van der Waals surface area contributed by atoms with E-state index in [2.05, 4.69) is 12.6 Å². The Balaban J connectivity index is 0.00000256. The van der Waals surface area contributed by atoms with Gasteiger partial charge in [-0.05, 0) is 12.1 Å². The minimum Gasteiger partial charge on any atom is -0.366 e. The Kier molecular flexibility index (Phi) is 5.70. The molecule has 0 aliphatic rings. The number of primary amides is 3. The van der Waals surface area contributed by atoms with Crippen molar-refractivity contribution in [3.05, 3.63) is 28.8 Å². The zero-order chi connectivity index (χ0) is 12.5. The fourth-order valence-electron chi connectivity index (χ4n) is 1.15. The summed E-state index contributed by atoms with van der Waals surface area (Å²) in [5.74, 6) is -2.44. The van der Waals surface area contributed by atoms with Gasteiger partial charge >= 0.3 is 0 Å². The molecule has 0 fully saturated rings. The molecule has 0 aliphatic heterocycles. The second-order valence-electron chi connectivity index (χ2n) is 3.01. The van der Waals surface area contributed by atoms with Gasteiger partial charge in [0.2, 0.25) is 17.7 Å². The second-order valence-corrected chi connectivity index (χ2v) is 3.46. The first-order chi connectivity index (χ1) is 7.34. The van der Waals surface area contributed by atoms with Gasteiger partial charge in [-0.15, -0.1) is 12.6 Å². The van der Waals surface area contributed by atoms with Crippen LogP contribution >= 0.6 is 12.6 Å². The van der Waals surface area contributed by atoms with Crippen LogP contribution in [0.4, 0.5) is 0 Å². The number of hydrogen-bond donors (Lipinski definition) is 4. The molecular weight excluding hydrogens is 253 g/mol. The van der Waals surface area contributed by atoms with E-state index in [1.54, 1.807) is 0 Å². The molecule has 0 saturated heterocycles. The molecular formula is C9H9N3NaO3S. The molecule has 6 N–H and O–H groups in total. The van der Waals surface area contributed by atoms with Crippen LogP contribution in [0, 0.1) is 0 Å². The molecule has 0 atom stereocenters. The van der Waals surface area contributed by atoms with E-state index in [1.807, 2.05) is 0 Å². The molecule has 3 amide bonds. The molecule has 1 aromatic carbocycles. The Morgan fingerprint density at radius 2 is 1.24 bits per heavy atom. The van der Waals surface area contributed by atoms with Crippen molar-refractivity contribution in [2.24, 2.45) is 17.2 Å². The summed E-state index contributed by atoms with van der Waals surface area (Å²) in [6.07, 6.45) is 0. The van der Waals surface area contributed by atoms with Crippen molar-refractivity contribution in [2.45, 2.75) is 4.90 Å². The molecule has 17 heavy (non-hydrogen) atoms. The van der Waals surface area contributed by atoms with E-state index in [1.165, 1.54) is 12.1 Å². The standard InChI is InChI=1S/C9H9N3O3S.Na/c10-7(13)3-1-4(8(11)14)6(16)5(2-3)9(12)15;/h1-2,16H,(H2,10,13)(H2,11,14)(H2,12,15);. The first-order valence-electron chi connectivity index (χ1n) is 4.11. The molecule has 0 saturated carbocycles. The van der Waals surface area contributed by atoms with E-state index in [-0.39, 0.29) is 51.1 Å². The summed E-state index contributed by atoms with van der Waals surface area (Å²) in [5.41, 5.74) is 15.0. The Bertz CT molecular complexity index is 469. The molecule has 0 aliphatic carbocycles. The number of hydrogen-bond acceptors (Lipinski definition) is 4. The summed E-state index contributed by atoms with van der Waals surface area (Å²) in [4.78, 5) is 33.1. The van der Waals surface area contributed by atoms with Gasteiger partial charge in [0.15, 0.2) is 0 Å². The van der Waals surface area contributed by atoms with Gasteiger partial charge in [0.05, 0.1) is 11.1 Å². The van der Waals surface area contributed by atoms with Crippen LogP contribution in [-0.4, -0.2) is 47.3 Å². The van der Waals surface area contributed by atoms with Crippen LogP contribution in [-0.2, 0) is 0 Å². The molecule has 85 valence electrons. The van der Waals surface area contributed by atoms with Gasteiger partial charge in [0.25, 0.3) is 0 Å². The van der Waals surface area contributed by atoms with Gasteiger partial charge < -0.3 is 17.2 Å². The van der Waals surface area contributed by atoms with Crippen molar-refractivity contribution < 1.29 is 14.4 Å². The fourth-order valence-corrected chi connectivity index (χ4v) is 1.50. The van der Waals surface area contributed by atoms with Crippen LogP contribution in [0.1, 0.15) is 31.1 Å². The molecule has 1 radical (unpaired) electrons. The smallest absolute Gasteiger partial charge is 0.249 e. The summed E-state index contributed by atoms with van der Waals surface area (Å²) in [7, 11) is 0. The van der Waals surface area contributed by atoms with E-state index in [4.69, 9.17) is 17.2 Å². The van der Waals surface area contributed by atoms with Gasteiger partial charge in [-0.25, -0.2) is 0 Å². The summed E-state index contributed by atoms with van der Waals surface area (Å²) < 4.78 is 0. The Labute approximate surface area is 125 Å². The summed E-state index contributed by atoms with van der Waals surface area (Å²) in [6.45, 7) is 0. The maximum absolute atomic E-state index is 11.0. The largest absolute Gasteiger partial charge is 0.366 e. The second kappa shape index (κ2) is 6.06. The predicted molar refractivity (Wildman–Crippen MR) is 65.0 cm³/mol. The van der Waals surface area contributed by atoms with E-state index in [0.717, 1.165) is 0 Å². The molecule has 8 heteroatoms. The van der Waals surface area contributed by atoms with E-state index in [0.29, 0.717) is 0 Å². The molecule has 6 nitrogen and oxygen atoms in total. The van der Waals surface area contributed by atoms with Crippen molar-refractivity contribution in [1.82, 2.24) is 0 Å². The molecule has 1 aromatic rings. The minimum atomic E-state index is -0.824. The maximum Gasteiger partial charge on any atom is 0.249 e. The van der Waals surface area contributed by atoms with Gasteiger partial charge in [-0.1, -0.05) is 0 Å². The normalized spacial score (nSPS) is 9.24. The number of carbonyl (C=O) groups is 3. The van der Waals surface area contributed by atoms with E-state index >= 15 is 0 Å². The quantitative estimate of drug-likeness (QED) is 0.407.